The van der Waals surface area contributed by atoms with E-state index < -0.39 is 0 Å². The number of terminal acetylenes is 1. The van der Waals surface area contributed by atoms with Gasteiger partial charge in [0.25, 0.3) is 0 Å². The summed E-state index contributed by atoms with van der Waals surface area (Å²) >= 11 is 5.80. The third kappa shape index (κ3) is 3.41. The predicted molar refractivity (Wildman–Crippen MR) is 61.3 cm³/mol. The molecule has 1 atom stereocenters. The molecular formula is C12H14ClN. The lowest BCUT2D eigenvalue weighted by molar-refractivity contribution is 0.584. The van der Waals surface area contributed by atoms with Crippen LogP contribution in [0.5, 0.6) is 0 Å². The molecule has 0 aliphatic carbocycles. The van der Waals surface area contributed by atoms with E-state index in [9.17, 15) is 0 Å². The minimum absolute atomic E-state index is 0.320. The summed E-state index contributed by atoms with van der Waals surface area (Å²) in [5.41, 5.74) is 1.23. The Morgan fingerprint density at radius 2 is 2.07 bits per heavy atom. The molecule has 0 saturated carbocycles. The Bertz CT molecular complexity index is 310. The number of rotatable bonds is 4. The van der Waals surface area contributed by atoms with Crippen LogP contribution in [0.25, 0.3) is 0 Å². The highest BCUT2D eigenvalue weighted by atomic mass is 35.5. The molecule has 1 N–H and O–H groups in total. The standard InChI is InChI=1S/C12H14ClN/c1-3-4-9-14-10(2)11-5-7-12(13)8-6-11/h1,5-8,10,14H,4,9H2,2H3/t10-/m1/s1. The maximum atomic E-state index is 5.80. The molecule has 0 aromatic heterocycles. The Morgan fingerprint density at radius 3 is 2.64 bits per heavy atom. The summed E-state index contributed by atoms with van der Waals surface area (Å²) in [7, 11) is 0. The van der Waals surface area contributed by atoms with E-state index in [-0.39, 0.29) is 0 Å². The molecule has 0 amide bonds. The van der Waals surface area contributed by atoms with Crippen LogP contribution in [0, 0.1) is 12.3 Å². The molecule has 0 saturated heterocycles. The Hall–Kier alpha value is -0.970. The van der Waals surface area contributed by atoms with E-state index in [0.717, 1.165) is 18.0 Å². The van der Waals surface area contributed by atoms with Gasteiger partial charge in [-0.1, -0.05) is 23.7 Å². The molecule has 0 heterocycles. The minimum atomic E-state index is 0.320. The highest BCUT2D eigenvalue weighted by Crippen LogP contribution is 2.15. The van der Waals surface area contributed by atoms with Gasteiger partial charge in [-0.25, -0.2) is 0 Å². The number of benzene rings is 1. The lowest BCUT2D eigenvalue weighted by Gasteiger charge is -2.12. The van der Waals surface area contributed by atoms with Crippen LogP contribution in [-0.2, 0) is 0 Å². The second kappa shape index (κ2) is 5.70. The molecule has 2 heteroatoms. The van der Waals surface area contributed by atoms with Crippen LogP contribution in [-0.4, -0.2) is 6.54 Å². The van der Waals surface area contributed by atoms with Gasteiger partial charge >= 0.3 is 0 Å². The van der Waals surface area contributed by atoms with Gasteiger partial charge in [0.05, 0.1) is 0 Å². The molecule has 0 aliphatic rings. The first-order valence-corrected chi connectivity index (χ1v) is 5.04. The largest absolute Gasteiger partial charge is 0.309 e. The zero-order chi connectivity index (χ0) is 10.4. The van der Waals surface area contributed by atoms with Gasteiger partial charge in [-0.15, -0.1) is 12.3 Å². The fraction of sp³-hybridized carbons (Fsp3) is 0.333. The lowest BCUT2D eigenvalue weighted by atomic mass is 10.1. The quantitative estimate of drug-likeness (QED) is 0.591. The zero-order valence-electron chi connectivity index (χ0n) is 8.26. The molecule has 0 spiro atoms. The number of hydrogen-bond donors (Lipinski definition) is 1. The van der Waals surface area contributed by atoms with Crippen molar-refractivity contribution in [3.8, 4) is 12.3 Å². The number of hydrogen-bond acceptors (Lipinski definition) is 1. The zero-order valence-corrected chi connectivity index (χ0v) is 9.01. The van der Waals surface area contributed by atoms with Gasteiger partial charge in [-0.05, 0) is 24.6 Å². The molecule has 0 unspecified atom stereocenters. The second-order valence-electron chi connectivity index (χ2n) is 3.18. The number of nitrogens with one attached hydrogen (secondary N) is 1. The molecule has 0 radical (unpaired) electrons. The summed E-state index contributed by atoms with van der Waals surface area (Å²) in [6.45, 7) is 2.96. The second-order valence-corrected chi connectivity index (χ2v) is 3.62. The topological polar surface area (TPSA) is 12.0 Å². The molecule has 74 valence electrons. The van der Waals surface area contributed by atoms with Crippen LogP contribution >= 0.6 is 11.6 Å². The van der Waals surface area contributed by atoms with Crippen LogP contribution in [0.2, 0.25) is 5.02 Å². The Kier molecular flexibility index (Phi) is 4.52. The summed E-state index contributed by atoms with van der Waals surface area (Å²) in [5, 5.41) is 4.10. The first-order chi connectivity index (χ1) is 6.74. The lowest BCUT2D eigenvalue weighted by Crippen LogP contribution is -2.19. The first-order valence-electron chi connectivity index (χ1n) is 4.66. The average molecular weight is 208 g/mol. The van der Waals surface area contributed by atoms with Crippen molar-refractivity contribution in [2.24, 2.45) is 0 Å². The summed E-state index contributed by atoms with van der Waals surface area (Å²) < 4.78 is 0. The normalized spacial score (nSPS) is 12.1. The molecule has 0 aliphatic heterocycles. The average Bonchev–Trinajstić information content (AvgIpc) is 2.19. The van der Waals surface area contributed by atoms with Crippen molar-refractivity contribution in [2.45, 2.75) is 19.4 Å². The molecule has 1 aromatic rings. The monoisotopic (exact) mass is 207 g/mol. The molecule has 1 aromatic carbocycles. The van der Waals surface area contributed by atoms with Gasteiger partial charge in [-0.3, -0.25) is 0 Å². The van der Waals surface area contributed by atoms with Crippen LogP contribution in [0.15, 0.2) is 24.3 Å². The van der Waals surface area contributed by atoms with Gasteiger partial charge in [0.1, 0.15) is 0 Å². The third-order valence-corrected chi connectivity index (χ3v) is 2.34. The van der Waals surface area contributed by atoms with Crippen molar-refractivity contribution < 1.29 is 0 Å². The molecule has 1 rings (SSSR count). The van der Waals surface area contributed by atoms with Crippen LogP contribution in [0.1, 0.15) is 24.9 Å². The molecule has 0 fully saturated rings. The van der Waals surface area contributed by atoms with Crippen molar-refractivity contribution in [1.29, 1.82) is 0 Å². The highest BCUT2D eigenvalue weighted by molar-refractivity contribution is 6.30. The van der Waals surface area contributed by atoms with E-state index in [2.05, 4.69) is 18.2 Å². The Morgan fingerprint density at radius 1 is 1.43 bits per heavy atom. The van der Waals surface area contributed by atoms with Crippen molar-refractivity contribution in [3.05, 3.63) is 34.9 Å². The summed E-state index contributed by atoms with van der Waals surface area (Å²) in [4.78, 5) is 0. The SMILES string of the molecule is C#CCCN[C@H](C)c1ccc(Cl)cc1. The smallest absolute Gasteiger partial charge is 0.0406 e. The van der Waals surface area contributed by atoms with Crippen LogP contribution in [0.3, 0.4) is 0 Å². The van der Waals surface area contributed by atoms with Crippen molar-refractivity contribution >= 4 is 11.6 Å². The summed E-state index contributed by atoms with van der Waals surface area (Å²) in [5.74, 6) is 2.60. The van der Waals surface area contributed by atoms with Crippen molar-refractivity contribution in [3.63, 3.8) is 0 Å². The third-order valence-electron chi connectivity index (χ3n) is 2.09. The maximum absolute atomic E-state index is 5.80. The van der Waals surface area contributed by atoms with Crippen LogP contribution in [0.4, 0.5) is 0 Å². The van der Waals surface area contributed by atoms with Gasteiger partial charge < -0.3 is 5.32 Å². The van der Waals surface area contributed by atoms with Crippen LogP contribution < -0.4 is 5.32 Å². The van der Waals surface area contributed by atoms with E-state index >= 15 is 0 Å². The van der Waals surface area contributed by atoms with Gasteiger partial charge in [0.2, 0.25) is 0 Å². The maximum Gasteiger partial charge on any atom is 0.0406 e. The summed E-state index contributed by atoms with van der Waals surface area (Å²) in [6.07, 6.45) is 5.93. The van der Waals surface area contributed by atoms with Gasteiger partial charge in [0.15, 0.2) is 0 Å². The summed E-state index contributed by atoms with van der Waals surface area (Å²) in [6, 6.07) is 8.17. The molecular weight excluding hydrogens is 194 g/mol. The van der Waals surface area contributed by atoms with Crippen molar-refractivity contribution in [1.82, 2.24) is 5.32 Å². The fourth-order valence-electron chi connectivity index (χ4n) is 1.23. The first kappa shape index (κ1) is 11.1. The number of halogens is 1. The fourth-order valence-corrected chi connectivity index (χ4v) is 1.36. The van der Waals surface area contributed by atoms with Gasteiger partial charge in [-0.2, -0.15) is 0 Å². The predicted octanol–water partition coefficient (Wildman–Crippen LogP) is 3.01. The van der Waals surface area contributed by atoms with Crippen molar-refractivity contribution in [2.75, 3.05) is 6.54 Å². The van der Waals surface area contributed by atoms with E-state index in [4.69, 9.17) is 18.0 Å². The highest BCUT2D eigenvalue weighted by Gasteiger charge is 2.02. The Labute approximate surface area is 90.5 Å². The minimum Gasteiger partial charge on any atom is -0.309 e. The molecule has 1 nitrogen and oxygen atoms in total. The van der Waals surface area contributed by atoms with E-state index in [1.165, 1.54) is 5.56 Å². The van der Waals surface area contributed by atoms with E-state index in [1.807, 2.05) is 24.3 Å². The Balaban J connectivity index is 2.48. The molecule has 0 bridgehead atoms. The van der Waals surface area contributed by atoms with Gasteiger partial charge in [0, 0.05) is 24.0 Å². The van der Waals surface area contributed by atoms with E-state index in [0.29, 0.717) is 6.04 Å². The molecule has 14 heavy (non-hydrogen) atoms. The van der Waals surface area contributed by atoms with E-state index in [1.54, 1.807) is 0 Å².